The van der Waals surface area contributed by atoms with Crippen molar-refractivity contribution < 1.29 is 9.13 Å². The van der Waals surface area contributed by atoms with Crippen LogP contribution in [-0.2, 0) is 0 Å². The van der Waals surface area contributed by atoms with Crippen LogP contribution in [0.1, 0.15) is 0 Å². The molecule has 0 saturated carbocycles. The number of nitrogens with zero attached hydrogens (tertiary/aromatic N) is 5. The maximum absolute atomic E-state index is 14.1. The van der Waals surface area contributed by atoms with Gasteiger partial charge in [-0.1, -0.05) is 0 Å². The number of pyridine rings is 2. The highest BCUT2D eigenvalue weighted by Gasteiger charge is 2.16. The van der Waals surface area contributed by atoms with Crippen LogP contribution in [0, 0.1) is 5.82 Å². The van der Waals surface area contributed by atoms with Crippen molar-refractivity contribution in [2.24, 2.45) is 0 Å². The summed E-state index contributed by atoms with van der Waals surface area (Å²) in [5.74, 6) is 0.0690. The first-order chi connectivity index (χ1) is 16.2. The minimum atomic E-state index is -0.376. The second kappa shape index (κ2) is 7.49. The molecule has 5 heterocycles. The third-order valence-electron chi connectivity index (χ3n) is 5.49. The summed E-state index contributed by atoms with van der Waals surface area (Å²) in [6.07, 6.45) is 10.1. The van der Waals surface area contributed by atoms with Crippen LogP contribution < -0.4 is 4.74 Å². The number of H-pyrrole nitrogens is 2. The van der Waals surface area contributed by atoms with Gasteiger partial charge >= 0.3 is 0 Å². The Balaban J connectivity index is 1.50. The van der Waals surface area contributed by atoms with Gasteiger partial charge in [0.2, 0.25) is 0 Å². The monoisotopic (exact) mass is 437 g/mol. The van der Waals surface area contributed by atoms with E-state index in [4.69, 9.17) is 4.74 Å². The number of fused-ring (bicyclic) bond motifs is 2. The topological polar surface area (TPSA) is 105 Å². The molecule has 0 aliphatic heterocycles. The Hall–Kier alpha value is -4.66. The minimum absolute atomic E-state index is 0.376. The number of rotatable bonds is 4. The number of benzene rings is 1. The Bertz CT molecular complexity index is 1620. The lowest BCUT2D eigenvalue weighted by atomic mass is 10.0. The van der Waals surface area contributed by atoms with Crippen LogP contribution in [0.3, 0.4) is 0 Å². The quantitative estimate of drug-likeness (QED) is 0.411. The molecule has 0 unspecified atom stereocenters. The van der Waals surface area contributed by atoms with Crippen LogP contribution in [0.4, 0.5) is 4.39 Å². The van der Waals surface area contributed by atoms with Gasteiger partial charge in [0.15, 0.2) is 0 Å². The molecule has 0 atom stereocenters. The molecule has 2 N–H and O–H groups in total. The smallest absolute Gasteiger partial charge is 0.127 e. The van der Waals surface area contributed by atoms with Gasteiger partial charge in [0.05, 0.1) is 48.1 Å². The van der Waals surface area contributed by atoms with Gasteiger partial charge in [0.1, 0.15) is 23.0 Å². The van der Waals surface area contributed by atoms with E-state index >= 15 is 0 Å². The van der Waals surface area contributed by atoms with E-state index in [9.17, 15) is 4.39 Å². The van der Waals surface area contributed by atoms with Crippen molar-refractivity contribution in [2.75, 3.05) is 7.11 Å². The molecule has 0 aliphatic carbocycles. The normalized spacial score (nSPS) is 11.3. The maximum Gasteiger partial charge on any atom is 0.127 e. The highest BCUT2D eigenvalue weighted by molar-refractivity contribution is 6.01. The number of ether oxygens (including phenoxy) is 1. The van der Waals surface area contributed by atoms with E-state index in [1.54, 1.807) is 43.2 Å². The highest BCUT2D eigenvalue weighted by atomic mass is 19.1. The summed E-state index contributed by atoms with van der Waals surface area (Å²) in [7, 11) is 1.51. The fourth-order valence-corrected chi connectivity index (χ4v) is 3.94. The Morgan fingerprint density at radius 3 is 2.61 bits per heavy atom. The predicted octanol–water partition coefficient (Wildman–Crippen LogP) is 4.77. The molecule has 5 aromatic heterocycles. The number of aromatic nitrogens is 7. The van der Waals surface area contributed by atoms with E-state index in [2.05, 4.69) is 35.1 Å². The summed E-state index contributed by atoms with van der Waals surface area (Å²) in [6, 6.07) is 8.52. The predicted molar refractivity (Wildman–Crippen MR) is 122 cm³/mol. The molecule has 0 saturated heterocycles. The summed E-state index contributed by atoms with van der Waals surface area (Å²) < 4.78 is 19.4. The van der Waals surface area contributed by atoms with Gasteiger partial charge in [-0.25, -0.2) is 4.39 Å². The van der Waals surface area contributed by atoms with Crippen molar-refractivity contribution in [3.63, 3.8) is 0 Å². The zero-order valence-corrected chi connectivity index (χ0v) is 17.4. The molecule has 0 aliphatic rings. The number of nitrogens with one attached hydrogen (secondary N) is 2. The molecule has 160 valence electrons. The molecule has 0 fully saturated rings. The third-order valence-corrected chi connectivity index (χ3v) is 5.49. The molecule has 8 nitrogen and oxygen atoms in total. The van der Waals surface area contributed by atoms with Crippen molar-refractivity contribution in [1.29, 1.82) is 0 Å². The Kier molecular flexibility index (Phi) is 4.32. The van der Waals surface area contributed by atoms with Crippen LogP contribution in [0.5, 0.6) is 5.75 Å². The molecule has 9 heteroatoms. The summed E-state index contributed by atoms with van der Waals surface area (Å²) in [5.41, 5.74) is 5.97. The SMILES string of the molecule is COc1cc(F)cc(-c2cncc3[nH]c(-c4n[nH]c5cnc(-c6cnccn6)cc45)cc23)c1. The highest BCUT2D eigenvalue weighted by Crippen LogP contribution is 2.35. The van der Waals surface area contributed by atoms with Crippen molar-refractivity contribution >= 4 is 21.8 Å². The van der Waals surface area contributed by atoms with Crippen LogP contribution in [0.15, 0.2) is 67.5 Å². The Morgan fingerprint density at radius 2 is 1.76 bits per heavy atom. The summed E-state index contributed by atoms with van der Waals surface area (Å²) in [5, 5.41) is 9.32. The number of halogens is 1. The second-order valence-corrected chi connectivity index (χ2v) is 7.49. The first-order valence-corrected chi connectivity index (χ1v) is 10.1. The fourth-order valence-electron chi connectivity index (χ4n) is 3.94. The Morgan fingerprint density at radius 1 is 0.818 bits per heavy atom. The average Bonchev–Trinajstić information content (AvgIpc) is 3.47. The molecule has 0 radical (unpaired) electrons. The lowest BCUT2D eigenvalue weighted by Gasteiger charge is -2.06. The summed E-state index contributed by atoms with van der Waals surface area (Å²) >= 11 is 0. The lowest BCUT2D eigenvalue weighted by molar-refractivity contribution is 0.411. The van der Waals surface area contributed by atoms with Gasteiger partial charge in [-0.15, -0.1) is 0 Å². The maximum atomic E-state index is 14.1. The summed E-state index contributed by atoms with van der Waals surface area (Å²) in [6.45, 7) is 0. The van der Waals surface area contributed by atoms with E-state index in [0.29, 0.717) is 22.7 Å². The number of hydrogen-bond acceptors (Lipinski definition) is 6. The number of hydrogen-bond donors (Lipinski definition) is 2. The third kappa shape index (κ3) is 3.26. The van der Waals surface area contributed by atoms with Crippen LogP contribution >= 0.6 is 0 Å². The van der Waals surface area contributed by atoms with E-state index in [-0.39, 0.29) is 5.82 Å². The standard InChI is InChI=1S/C24H16FN7O/c1-33-15-5-13(4-14(25)6-15)18-9-27-10-21-16(18)7-20(30-21)24-17-8-19(23-11-26-2-3-28-23)29-12-22(17)31-32-24/h2-12,30H,1H3,(H,31,32). The van der Waals surface area contributed by atoms with Gasteiger partial charge in [0.25, 0.3) is 0 Å². The van der Waals surface area contributed by atoms with Crippen molar-refractivity contribution in [2.45, 2.75) is 0 Å². The van der Waals surface area contributed by atoms with Crippen LogP contribution in [0.25, 0.3) is 55.7 Å². The molecule has 0 bridgehead atoms. The van der Waals surface area contributed by atoms with Crippen LogP contribution in [0.2, 0.25) is 0 Å². The zero-order chi connectivity index (χ0) is 22.4. The molecule has 0 spiro atoms. The first-order valence-electron chi connectivity index (χ1n) is 10.1. The van der Waals surface area contributed by atoms with E-state index in [1.807, 2.05) is 12.1 Å². The van der Waals surface area contributed by atoms with E-state index in [1.165, 1.54) is 19.2 Å². The average molecular weight is 437 g/mol. The van der Waals surface area contributed by atoms with E-state index in [0.717, 1.165) is 38.8 Å². The molecule has 6 rings (SSSR count). The van der Waals surface area contributed by atoms with Gasteiger partial charge < -0.3 is 9.72 Å². The van der Waals surface area contributed by atoms with Gasteiger partial charge in [0, 0.05) is 41.0 Å². The summed E-state index contributed by atoms with van der Waals surface area (Å²) in [4.78, 5) is 20.6. The Labute approximate surface area is 186 Å². The van der Waals surface area contributed by atoms with Gasteiger partial charge in [-0.05, 0) is 29.8 Å². The molecule has 6 aromatic rings. The van der Waals surface area contributed by atoms with Gasteiger partial charge in [-0.3, -0.25) is 25.0 Å². The van der Waals surface area contributed by atoms with E-state index < -0.39 is 0 Å². The minimum Gasteiger partial charge on any atom is -0.497 e. The number of aromatic amines is 2. The molecular weight excluding hydrogens is 421 g/mol. The van der Waals surface area contributed by atoms with Crippen molar-refractivity contribution in [3.05, 3.63) is 73.3 Å². The fraction of sp³-hybridized carbons (Fsp3) is 0.0417. The lowest BCUT2D eigenvalue weighted by Crippen LogP contribution is -1.88. The van der Waals surface area contributed by atoms with Crippen molar-refractivity contribution in [3.8, 4) is 39.7 Å². The second-order valence-electron chi connectivity index (χ2n) is 7.49. The molecule has 1 aromatic carbocycles. The first kappa shape index (κ1) is 19.1. The molecule has 33 heavy (non-hydrogen) atoms. The zero-order valence-electron chi connectivity index (χ0n) is 17.4. The van der Waals surface area contributed by atoms with Crippen LogP contribution in [-0.4, -0.2) is 42.2 Å². The largest absolute Gasteiger partial charge is 0.497 e. The van der Waals surface area contributed by atoms with Gasteiger partial charge in [-0.2, -0.15) is 5.10 Å². The molecular formula is C24H16FN7O. The van der Waals surface area contributed by atoms with Crippen molar-refractivity contribution in [1.82, 2.24) is 35.1 Å². The number of methoxy groups -OCH3 is 1. The molecule has 0 amide bonds.